The Morgan fingerprint density at radius 2 is 1.85 bits per heavy atom. The van der Waals surface area contributed by atoms with Crippen LogP contribution in [0.2, 0.25) is 0 Å². The molecular formula is C10H16ClNO. The summed E-state index contributed by atoms with van der Waals surface area (Å²) in [6.07, 6.45) is 0.200. The van der Waals surface area contributed by atoms with Crippen LogP contribution in [-0.4, -0.2) is 17.3 Å². The molecule has 1 rings (SSSR count). The highest BCUT2D eigenvalue weighted by Crippen LogP contribution is 2.04. The van der Waals surface area contributed by atoms with Crippen LogP contribution in [0.5, 0.6) is 0 Å². The van der Waals surface area contributed by atoms with E-state index in [1.807, 2.05) is 37.3 Å². The largest absolute Gasteiger partial charge is 0.391 e. The molecule has 0 amide bonds. The molecule has 0 bridgehead atoms. The Morgan fingerprint density at radius 3 is 2.31 bits per heavy atom. The van der Waals surface area contributed by atoms with Crippen LogP contribution in [-0.2, 0) is 6.42 Å². The quantitative estimate of drug-likeness (QED) is 0.776. The Bertz CT molecular complexity index is 226. The Kier molecular flexibility index (Phi) is 5.71. The third-order valence-electron chi connectivity index (χ3n) is 1.89. The van der Waals surface area contributed by atoms with E-state index in [0.717, 1.165) is 5.56 Å². The van der Waals surface area contributed by atoms with Gasteiger partial charge in [0.05, 0.1) is 6.10 Å². The predicted molar refractivity (Wildman–Crippen MR) is 57.1 cm³/mol. The van der Waals surface area contributed by atoms with Crippen molar-refractivity contribution in [1.82, 2.24) is 0 Å². The van der Waals surface area contributed by atoms with Gasteiger partial charge in [-0.1, -0.05) is 30.3 Å². The van der Waals surface area contributed by atoms with Crippen LogP contribution in [0.3, 0.4) is 0 Å². The summed E-state index contributed by atoms with van der Waals surface area (Å²) in [5.41, 5.74) is 6.66. The van der Waals surface area contributed by atoms with Gasteiger partial charge in [-0.05, 0) is 18.9 Å². The number of aliphatic hydroxyl groups excluding tert-OH is 1. The molecule has 0 aliphatic carbocycles. The maximum atomic E-state index is 9.45. The molecule has 0 radical (unpaired) electrons. The third kappa shape index (κ3) is 4.27. The Hall–Kier alpha value is -0.570. The number of rotatable bonds is 3. The van der Waals surface area contributed by atoms with Crippen molar-refractivity contribution in [2.45, 2.75) is 25.5 Å². The van der Waals surface area contributed by atoms with Crippen molar-refractivity contribution in [2.24, 2.45) is 5.73 Å². The van der Waals surface area contributed by atoms with E-state index in [9.17, 15) is 5.11 Å². The Labute approximate surface area is 85.2 Å². The third-order valence-corrected chi connectivity index (χ3v) is 1.89. The predicted octanol–water partition coefficient (Wildman–Crippen LogP) is 1.36. The first kappa shape index (κ1) is 12.4. The molecule has 0 heterocycles. The lowest BCUT2D eigenvalue weighted by atomic mass is 10.0. The first-order valence-electron chi connectivity index (χ1n) is 4.17. The van der Waals surface area contributed by atoms with Gasteiger partial charge in [0, 0.05) is 6.04 Å². The molecule has 0 aromatic heterocycles. The molecule has 2 nitrogen and oxygen atoms in total. The number of nitrogens with two attached hydrogens (primary N) is 1. The fourth-order valence-corrected chi connectivity index (χ4v) is 1.04. The highest BCUT2D eigenvalue weighted by Gasteiger charge is 2.09. The van der Waals surface area contributed by atoms with Gasteiger partial charge in [0.25, 0.3) is 0 Å². The molecule has 1 aromatic carbocycles. The molecule has 13 heavy (non-hydrogen) atoms. The zero-order valence-corrected chi connectivity index (χ0v) is 8.50. The zero-order chi connectivity index (χ0) is 8.97. The van der Waals surface area contributed by atoms with Crippen molar-refractivity contribution in [1.29, 1.82) is 0 Å². The molecule has 0 spiro atoms. The fraction of sp³-hybridized carbons (Fsp3) is 0.400. The molecule has 0 saturated carbocycles. The second-order valence-corrected chi connectivity index (χ2v) is 3.12. The SMILES string of the molecule is CC(N)C(O)Cc1ccccc1.Cl. The van der Waals surface area contributed by atoms with E-state index in [2.05, 4.69) is 0 Å². The van der Waals surface area contributed by atoms with Gasteiger partial charge in [-0.25, -0.2) is 0 Å². The maximum Gasteiger partial charge on any atom is 0.0728 e. The topological polar surface area (TPSA) is 46.2 Å². The van der Waals surface area contributed by atoms with Gasteiger partial charge >= 0.3 is 0 Å². The normalized spacial score (nSPS) is 14.4. The van der Waals surface area contributed by atoms with Gasteiger partial charge in [0.1, 0.15) is 0 Å². The number of hydrogen-bond acceptors (Lipinski definition) is 2. The summed E-state index contributed by atoms with van der Waals surface area (Å²) in [7, 11) is 0. The van der Waals surface area contributed by atoms with Crippen LogP contribution in [0, 0.1) is 0 Å². The summed E-state index contributed by atoms with van der Waals surface area (Å²) in [4.78, 5) is 0. The average Bonchev–Trinajstić information content (AvgIpc) is 2.06. The number of benzene rings is 1. The van der Waals surface area contributed by atoms with Crippen LogP contribution in [0.1, 0.15) is 12.5 Å². The van der Waals surface area contributed by atoms with Gasteiger partial charge in [0.15, 0.2) is 0 Å². The van der Waals surface area contributed by atoms with E-state index < -0.39 is 6.10 Å². The molecule has 1 aromatic rings. The molecule has 0 saturated heterocycles. The lowest BCUT2D eigenvalue weighted by Gasteiger charge is -2.13. The fourth-order valence-electron chi connectivity index (χ4n) is 1.04. The summed E-state index contributed by atoms with van der Waals surface area (Å²) in [5.74, 6) is 0. The van der Waals surface area contributed by atoms with E-state index >= 15 is 0 Å². The maximum absolute atomic E-state index is 9.45. The van der Waals surface area contributed by atoms with Crippen molar-refractivity contribution in [3.63, 3.8) is 0 Å². The van der Waals surface area contributed by atoms with E-state index in [1.165, 1.54) is 0 Å². The minimum absolute atomic E-state index is 0. The first-order chi connectivity index (χ1) is 5.70. The van der Waals surface area contributed by atoms with E-state index in [-0.39, 0.29) is 18.4 Å². The summed E-state index contributed by atoms with van der Waals surface area (Å²) < 4.78 is 0. The molecule has 2 atom stereocenters. The monoisotopic (exact) mass is 201 g/mol. The second-order valence-electron chi connectivity index (χ2n) is 3.12. The molecule has 0 aliphatic heterocycles. The smallest absolute Gasteiger partial charge is 0.0728 e. The van der Waals surface area contributed by atoms with Crippen LogP contribution in [0.25, 0.3) is 0 Å². The lowest BCUT2D eigenvalue weighted by molar-refractivity contribution is 0.151. The van der Waals surface area contributed by atoms with Crippen LogP contribution < -0.4 is 5.73 Å². The second kappa shape index (κ2) is 5.97. The standard InChI is InChI=1S/C10H15NO.ClH/c1-8(11)10(12)7-9-5-3-2-4-6-9;/h2-6,8,10,12H,7,11H2,1H3;1H. The minimum atomic E-state index is -0.438. The molecule has 2 unspecified atom stereocenters. The molecule has 74 valence electrons. The van der Waals surface area contributed by atoms with Crippen molar-refractivity contribution >= 4 is 12.4 Å². The number of aliphatic hydroxyl groups is 1. The van der Waals surface area contributed by atoms with Crippen molar-refractivity contribution in [3.8, 4) is 0 Å². The van der Waals surface area contributed by atoms with Crippen molar-refractivity contribution < 1.29 is 5.11 Å². The van der Waals surface area contributed by atoms with Gasteiger partial charge in [0.2, 0.25) is 0 Å². The van der Waals surface area contributed by atoms with Gasteiger partial charge in [-0.15, -0.1) is 12.4 Å². The van der Waals surface area contributed by atoms with E-state index in [4.69, 9.17) is 5.73 Å². The Balaban J connectivity index is 0.00000144. The zero-order valence-electron chi connectivity index (χ0n) is 7.68. The van der Waals surface area contributed by atoms with Gasteiger partial charge in [-0.2, -0.15) is 0 Å². The van der Waals surface area contributed by atoms with Crippen LogP contribution in [0.15, 0.2) is 30.3 Å². The summed E-state index contributed by atoms with van der Waals surface area (Å²) in [5, 5.41) is 9.45. The summed E-state index contributed by atoms with van der Waals surface area (Å²) in [6.45, 7) is 1.81. The molecule has 0 fully saturated rings. The van der Waals surface area contributed by atoms with E-state index in [1.54, 1.807) is 0 Å². The minimum Gasteiger partial charge on any atom is -0.391 e. The molecular weight excluding hydrogens is 186 g/mol. The molecule has 0 aliphatic rings. The average molecular weight is 202 g/mol. The molecule has 3 N–H and O–H groups in total. The van der Waals surface area contributed by atoms with Crippen LogP contribution in [0.4, 0.5) is 0 Å². The van der Waals surface area contributed by atoms with Crippen LogP contribution >= 0.6 is 12.4 Å². The first-order valence-corrected chi connectivity index (χ1v) is 4.17. The van der Waals surface area contributed by atoms with Gasteiger partial charge in [-0.3, -0.25) is 0 Å². The van der Waals surface area contributed by atoms with Crippen molar-refractivity contribution in [2.75, 3.05) is 0 Å². The van der Waals surface area contributed by atoms with Crippen molar-refractivity contribution in [3.05, 3.63) is 35.9 Å². The summed E-state index contributed by atoms with van der Waals surface area (Å²) in [6, 6.07) is 9.70. The Morgan fingerprint density at radius 1 is 1.31 bits per heavy atom. The summed E-state index contributed by atoms with van der Waals surface area (Å²) >= 11 is 0. The lowest BCUT2D eigenvalue weighted by Crippen LogP contribution is -2.32. The highest BCUT2D eigenvalue weighted by molar-refractivity contribution is 5.85. The van der Waals surface area contributed by atoms with Gasteiger partial charge < -0.3 is 10.8 Å². The molecule has 3 heteroatoms. The number of hydrogen-bond donors (Lipinski definition) is 2. The highest BCUT2D eigenvalue weighted by atomic mass is 35.5. The van der Waals surface area contributed by atoms with E-state index in [0.29, 0.717) is 6.42 Å². The number of halogens is 1.